The van der Waals surface area contributed by atoms with E-state index in [-0.39, 0.29) is 23.2 Å². The Labute approximate surface area is 175 Å². The van der Waals surface area contributed by atoms with Gasteiger partial charge in [-0.05, 0) is 35.9 Å². The number of halogens is 2. The topological polar surface area (TPSA) is 91.8 Å². The Morgan fingerprint density at radius 2 is 1.93 bits per heavy atom. The Hall–Kier alpha value is -3.19. The van der Waals surface area contributed by atoms with Crippen molar-refractivity contribution in [3.05, 3.63) is 85.6 Å². The molecule has 6 nitrogen and oxygen atoms in total. The molecule has 4 rings (SSSR count). The number of aromatic amines is 2. The number of H-pyrrole nitrogens is 2. The molecule has 2 aromatic carbocycles. The lowest BCUT2D eigenvalue weighted by Gasteiger charge is -2.17. The predicted molar refractivity (Wildman–Crippen MR) is 113 cm³/mol. The van der Waals surface area contributed by atoms with E-state index in [4.69, 9.17) is 11.6 Å². The van der Waals surface area contributed by atoms with Crippen LogP contribution in [0.2, 0.25) is 5.02 Å². The maximum absolute atomic E-state index is 14.2. The van der Waals surface area contributed by atoms with Crippen LogP contribution in [-0.4, -0.2) is 15.1 Å². The van der Waals surface area contributed by atoms with Gasteiger partial charge >= 0.3 is 5.76 Å². The van der Waals surface area contributed by atoms with Crippen LogP contribution in [0.1, 0.15) is 31.2 Å². The van der Waals surface area contributed by atoms with Crippen LogP contribution in [0.25, 0.3) is 22.0 Å². The lowest BCUT2D eigenvalue weighted by Crippen LogP contribution is -2.20. The van der Waals surface area contributed by atoms with Gasteiger partial charge in [-0.3, -0.25) is 14.3 Å². The lowest BCUT2D eigenvalue weighted by atomic mass is 9.89. The number of benzene rings is 2. The summed E-state index contributed by atoms with van der Waals surface area (Å²) < 4.78 is 18.8. The third-order valence-electron chi connectivity index (χ3n) is 5.24. The summed E-state index contributed by atoms with van der Waals surface area (Å²) in [5, 5.41) is 5.32. The minimum Gasteiger partial charge on any atom is -0.320 e. The molecule has 0 saturated heterocycles. The van der Waals surface area contributed by atoms with Gasteiger partial charge in [0.25, 0.3) is 5.56 Å². The smallest absolute Gasteiger partial charge is 0.320 e. The number of rotatable bonds is 5. The SMILES string of the molecule is CC(C)C(Cc1cc(Cl)c(-c2ccc3cccc(F)c3c2)[nH]c1=O)c1noc(=O)[nH]1. The highest BCUT2D eigenvalue weighted by Gasteiger charge is 2.23. The van der Waals surface area contributed by atoms with Crippen LogP contribution in [0, 0.1) is 11.7 Å². The largest absolute Gasteiger partial charge is 0.438 e. The Kier molecular flexibility index (Phi) is 5.30. The zero-order valence-electron chi connectivity index (χ0n) is 16.3. The summed E-state index contributed by atoms with van der Waals surface area (Å²) in [6.07, 6.45) is 0.321. The zero-order valence-corrected chi connectivity index (χ0v) is 17.1. The molecule has 154 valence electrons. The maximum Gasteiger partial charge on any atom is 0.438 e. The molecule has 0 aliphatic carbocycles. The predicted octanol–water partition coefficient (Wildman–Crippen LogP) is 4.65. The van der Waals surface area contributed by atoms with Gasteiger partial charge < -0.3 is 4.98 Å². The lowest BCUT2D eigenvalue weighted by molar-refractivity contribution is 0.367. The summed E-state index contributed by atoms with van der Waals surface area (Å²) in [6, 6.07) is 11.7. The van der Waals surface area contributed by atoms with Crippen molar-refractivity contribution in [2.45, 2.75) is 26.2 Å². The van der Waals surface area contributed by atoms with E-state index in [0.29, 0.717) is 39.5 Å². The van der Waals surface area contributed by atoms with Crippen LogP contribution in [0.4, 0.5) is 4.39 Å². The first-order chi connectivity index (χ1) is 14.3. The molecule has 1 unspecified atom stereocenters. The van der Waals surface area contributed by atoms with E-state index >= 15 is 0 Å². The second-order valence-electron chi connectivity index (χ2n) is 7.56. The number of hydrogen-bond acceptors (Lipinski definition) is 4. The Bertz CT molecular complexity index is 1340. The number of nitrogens with one attached hydrogen (secondary N) is 2. The summed E-state index contributed by atoms with van der Waals surface area (Å²) in [5.74, 6) is -0.729. The summed E-state index contributed by atoms with van der Waals surface area (Å²) in [6.45, 7) is 3.93. The van der Waals surface area contributed by atoms with Gasteiger partial charge in [0.05, 0.1) is 10.7 Å². The van der Waals surface area contributed by atoms with Crippen molar-refractivity contribution in [1.29, 1.82) is 0 Å². The van der Waals surface area contributed by atoms with Crippen LogP contribution in [0.15, 0.2) is 56.6 Å². The average Bonchev–Trinajstić information content (AvgIpc) is 3.14. The van der Waals surface area contributed by atoms with Gasteiger partial charge in [-0.15, -0.1) is 0 Å². The standard InChI is InChI=1S/C22H19ClFN3O3/c1-11(2)15(20-26-22(29)30-27-20)9-14-10-17(23)19(25-21(14)28)13-7-6-12-4-3-5-18(24)16(12)8-13/h3-8,10-11,15H,9H2,1-2H3,(H,25,28)(H,26,27,29). The molecule has 0 fully saturated rings. The minimum absolute atomic E-state index is 0.0899. The molecule has 0 bridgehead atoms. The second kappa shape index (κ2) is 7.91. The number of pyridine rings is 1. The van der Waals surface area contributed by atoms with E-state index in [2.05, 4.69) is 19.6 Å². The molecular formula is C22H19ClFN3O3. The molecule has 0 radical (unpaired) electrons. The molecule has 30 heavy (non-hydrogen) atoms. The van der Waals surface area contributed by atoms with Gasteiger partial charge in [0.1, 0.15) is 5.82 Å². The first kappa shape index (κ1) is 20.1. The monoisotopic (exact) mass is 427 g/mol. The molecule has 0 spiro atoms. The molecule has 0 aliphatic heterocycles. The molecule has 0 aliphatic rings. The maximum atomic E-state index is 14.2. The van der Waals surface area contributed by atoms with Crippen LogP contribution in [0.3, 0.4) is 0 Å². The van der Waals surface area contributed by atoms with Crippen molar-refractivity contribution in [2.24, 2.45) is 5.92 Å². The second-order valence-corrected chi connectivity index (χ2v) is 7.96. The Morgan fingerprint density at radius 3 is 2.63 bits per heavy atom. The van der Waals surface area contributed by atoms with Gasteiger partial charge in [0.2, 0.25) is 0 Å². The van der Waals surface area contributed by atoms with Crippen molar-refractivity contribution < 1.29 is 8.91 Å². The van der Waals surface area contributed by atoms with E-state index < -0.39 is 5.76 Å². The van der Waals surface area contributed by atoms with Gasteiger partial charge in [0, 0.05) is 22.4 Å². The molecule has 1 atom stereocenters. The molecule has 2 heterocycles. The molecule has 2 aromatic heterocycles. The van der Waals surface area contributed by atoms with Crippen LogP contribution in [0.5, 0.6) is 0 Å². The quantitative estimate of drug-likeness (QED) is 0.485. The third-order valence-corrected chi connectivity index (χ3v) is 5.54. The summed E-state index contributed by atoms with van der Waals surface area (Å²) >= 11 is 6.48. The molecule has 0 amide bonds. The molecule has 4 aromatic rings. The van der Waals surface area contributed by atoms with Gasteiger partial charge in [-0.2, -0.15) is 0 Å². The fraction of sp³-hybridized carbons (Fsp3) is 0.227. The summed E-state index contributed by atoms with van der Waals surface area (Å²) in [7, 11) is 0. The Morgan fingerprint density at radius 1 is 1.13 bits per heavy atom. The summed E-state index contributed by atoms with van der Waals surface area (Å²) in [4.78, 5) is 29.5. The van der Waals surface area contributed by atoms with E-state index in [1.54, 1.807) is 30.3 Å². The molecule has 0 saturated carbocycles. The summed E-state index contributed by atoms with van der Waals surface area (Å²) in [5.41, 5.74) is 1.19. The van der Waals surface area contributed by atoms with Crippen LogP contribution < -0.4 is 11.3 Å². The van der Waals surface area contributed by atoms with Gasteiger partial charge in [0.15, 0.2) is 5.82 Å². The van der Waals surface area contributed by atoms with E-state index in [1.807, 2.05) is 19.9 Å². The van der Waals surface area contributed by atoms with Crippen molar-refractivity contribution in [1.82, 2.24) is 15.1 Å². The molecular weight excluding hydrogens is 409 g/mol. The highest BCUT2D eigenvalue weighted by atomic mass is 35.5. The highest BCUT2D eigenvalue weighted by molar-refractivity contribution is 6.33. The fourth-order valence-electron chi connectivity index (χ4n) is 3.58. The number of hydrogen-bond donors (Lipinski definition) is 2. The number of aromatic nitrogens is 3. The third kappa shape index (κ3) is 3.80. The van der Waals surface area contributed by atoms with Crippen LogP contribution >= 0.6 is 11.6 Å². The van der Waals surface area contributed by atoms with Crippen LogP contribution in [-0.2, 0) is 6.42 Å². The van der Waals surface area contributed by atoms with E-state index in [9.17, 15) is 14.0 Å². The molecule has 2 N–H and O–H groups in total. The van der Waals surface area contributed by atoms with Crippen molar-refractivity contribution in [2.75, 3.05) is 0 Å². The van der Waals surface area contributed by atoms with Crippen molar-refractivity contribution in [3.63, 3.8) is 0 Å². The first-order valence-corrected chi connectivity index (χ1v) is 9.87. The van der Waals surface area contributed by atoms with Gasteiger partial charge in [-0.25, -0.2) is 9.18 Å². The number of nitrogens with zero attached hydrogens (tertiary/aromatic N) is 1. The van der Waals surface area contributed by atoms with Crippen molar-refractivity contribution in [3.8, 4) is 11.3 Å². The zero-order chi connectivity index (χ0) is 21.4. The normalized spacial score (nSPS) is 12.6. The van der Waals surface area contributed by atoms with Crippen molar-refractivity contribution >= 4 is 22.4 Å². The van der Waals surface area contributed by atoms with E-state index in [1.165, 1.54) is 6.07 Å². The fourth-order valence-corrected chi connectivity index (χ4v) is 3.87. The molecule has 8 heteroatoms. The Balaban J connectivity index is 1.72. The average molecular weight is 428 g/mol. The van der Waals surface area contributed by atoms with Gasteiger partial charge in [-0.1, -0.05) is 54.9 Å². The van der Waals surface area contributed by atoms with E-state index in [0.717, 1.165) is 5.39 Å². The highest BCUT2D eigenvalue weighted by Crippen LogP contribution is 2.31. The number of fused-ring (bicyclic) bond motifs is 1. The minimum atomic E-state index is -0.638. The first-order valence-electron chi connectivity index (χ1n) is 9.49.